The number of carbonyl (C=O) groups excluding carboxylic acids is 3. The molecule has 0 aliphatic rings. The van der Waals surface area contributed by atoms with Gasteiger partial charge in [0.1, 0.15) is 17.3 Å². The van der Waals surface area contributed by atoms with Crippen molar-refractivity contribution >= 4 is 23.8 Å². The van der Waals surface area contributed by atoms with Gasteiger partial charge in [-0.25, -0.2) is 9.78 Å². The van der Waals surface area contributed by atoms with Gasteiger partial charge in [-0.3, -0.25) is 19.1 Å². The van der Waals surface area contributed by atoms with Crippen molar-refractivity contribution in [3.63, 3.8) is 0 Å². The number of carboxylic acids is 1. The largest absolute Gasteiger partial charge is 0.480 e. The summed E-state index contributed by atoms with van der Waals surface area (Å²) in [6, 6.07) is 7.78. The minimum Gasteiger partial charge on any atom is -0.480 e. The maximum atomic E-state index is 13.3. The third kappa shape index (κ3) is 9.26. The van der Waals surface area contributed by atoms with Gasteiger partial charge in [0, 0.05) is 30.1 Å². The Bertz CT molecular complexity index is 1460. The number of amides is 2. The summed E-state index contributed by atoms with van der Waals surface area (Å²) < 4.78 is 12.7. The summed E-state index contributed by atoms with van der Waals surface area (Å²) in [7, 11) is 0. The van der Waals surface area contributed by atoms with Gasteiger partial charge < -0.3 is 24.9 Å². The van der Waals surface area contributed by atoms with E-state index in [1.54, 1.807) is 42.8 Å². The number of hydrogen-bond donors (Lipinski definition) is 3. The van der Waals surface area contributed by atoms with Crippen molar-refractivity contribution in [1.29, 1.82) is 0 Å². The van der Waals surface area contributed by atoms with Crippen LogP contribution in [0.2, 0.25) is 0 Å². The van der Waals surface area contributed by atoms with Gasteiger partial charge in [0.25, 0.3) is 11.8 Å². The van der Waals surface area contributed by atoms with E-state index in [2.05, 4.69) is 15.6 Å². The van der Waals surface area contributed by atoms with Gasteiger partial charge in [0.05, 0.1) is 11.9 Å². The van der Waals surface area contributed by atoms with Crippen LogP contribution in [0.5, 0.6) is 0 Å². The number of ether oxygens (including phenoxy) is 1. The number of nitrogens with zero attached hydrogens (tertiary/aromatic N) is 3. The van der Waals surface area contributed by atoms with Crippen LogP contribution in [0.3, 0.4) is 0 Å². The smallest absolute Gasteiger partial charge is 0.326 e. The number of aryl methyl sites for hydroxylation is 1. The minimum absolute atomic E-state index is 0.0159. The number of aliphatic carboxylic acids is 1. The molecule has 3 aromatic rings. The Kier molecular flexibility index (Phi) is 11.4. The van der Waals surface area contributed by atoms with Gasteiger partial charge in [-0.2, -0.15) is 5.10 Å². The Labute approximate surface area is 257 Å². The Morgan fingerprint density at radius 2 is 1.70 bits per heavy atom. The minimum atomic E-state index is -1.14. The van der Waals surface area contributed by atoms with Crippen LogP contribution in [0.15, 0.2) is 40.9 Å². The quantitative estimate of drug-likeness (QED) is 0.211. The highest BCUT2D eigenvalue weighted by Gasteiger charge is 2.26. The first-order valence-electron chi connectivity index (χ1n) is 14.9. The standard InChI is InChI=1S/C32H43N5O7/c1-8-22(9-2)34-28(39)24-17-23(36-37(24)15-11-14-26(38)44-32(5,6)7)20-12-10-13-21(16-20)30-33-18-25(43-30)29(40)35-27(19(3)4)31(41)42/h10,12-13,16-19,22,27H,8-9,11,14-15H2,1-7H3,(H,34,39)(H,35,40)(H,41,42)/t27-/m0/s1. The highest BCUT2D eigenvalue weighted by atomic mass is 16.6. The molecule has 0 spiro atoms. The van der Waals surface area contributed by atoms with Crippen molar-refractivity contribution in [1.82, 2.24) is 25.4 Å². The van der Waals surface area contributed by atoms with E-state index in [0.717, 1.165) is 12.8 Å². The van der Waals surface area contributed by atoms with Crippen molar-refractivity contribution in [2.24, 2.45) is 5.92 Å². The number of hydrogen-bond acceptors (Lipinski definition) is 8. The highest BCUT2D eigenvalue weighted by Crippen LogP contribution is 2.27. The van der Waals surface area contributed by atoms with E-state index >= 15 is 0 Å². The van der Waals surface area contributed by atoms with Crippen LogP contribution in [0.25, 0.3) is 22.7 Å². The maximum absolute atomic E-state index is 13.3. The number of carboxylic acid groups (broad SMARTS) is 1. The zero-order valence-electron chi connectivity index (χ0n) is 26.5. The van der Waals surface area contributed by atoms with E-state index in [1.165, 1.54) is 6.20 Å². The van der Waals surface area contributed by atoms with E-state index in [-0.39, 0.29) is 41.9 Å². The van der Waals surface area contributed by atoms with Crippen molar-refractivity contribution in [2.45, 2.75) is 98.4 Å². The molecule has 0 unspecified atom stereocenters. The average Bonchev–Trinajstić information content (AvgIpc) is 3.61. The zero-order valence-corrected chi connectivity index (χ0v) is 26.5. The van der Waals surface area contributed by atoms with Gasteiger partial charge in [-0.05, 0) is 64.2 Å². The van der Waals surface area contributed by atoms with E-state index in [4.69, 9.17) is 14.3 Å². The van der Waals surface area contributed by atoms with Gasteiger partial charge in [0.2, 0.25) is 11.7 Å². The molecule has 0 saturated heterocycles. The number of benzene rings is 1. The lowest BCUT2D eigenvalue weighted by molar-refractivity contribution is -0.155. The Morgan fingerprint density at radius 1 is 1.02 bits per heavy atom. The van der Waals surface area contributed by atoms with Crippen molar-refractivity contribution in [2.75, 3.05) is 0 Å². The highest BCUT2D eigenvalue weighted by molar-refractivity contribution is 5.95. The van der Waals surface area contributed by atoms with E-state index in [9.17, 15) is 24.3 Å². The van der Waals surface area contributed by atoms with Crippen LogP contribution in [0, 0.1) is 5.92 Å². The van der Waals surface area contributed by atoms with Gasteiger partial charge in [0.15, 0.2) is 0 Å². The van der Waals surface area contributed by atoms with Crippen LogP contribution in [-0.2, 0) is 20.9 Å². The summed E-state index contributed by atoms with van der Waals surface area (Å²) in [4.78, 5) is 53.9. The van der Waals surface area contributed by atoms with Gasteiger partial charge in [-0.1, -0.05) is 39.8 Å². The predicted molar refractivity (Wildman–Crippen MR) is 164 cm³/mol. The molecule has 0 radical (unpaired) electrons. The lowest BCUT2D eigenvalue weighted by Crippen LogP contribution is -2.44. The van der Waals surface area contributed by atoms with Crippen LogP contribution in [0.1, 0.15) is 95.2 Å². The molecular weight excluding hydrogens is 566 g/mol. The summed E-state index contributed by atoms with van der Waals surface area (Å²) in [5.41, 5.74) is 1.56. The van der Waals surface area contributed by atoms with Crippen LogP contribution in [0.4, 0.5) is 0 Å². The summed E-state index contributed by atoms with van der Waals surface area (Å²) in [5, 5.41) is 19.6. The molecule has 0 bridgehead atoms. The molecule has 0 aliphatic carbocycles. The molecule has 2 amide bonds. The number of aromatic nitrogens is 3. The van der Waals surface area contributed by atoms with Crippen molar-refractivity contribution in [3.05, 3.63) is 48.0 Å². The first kappa shape index (κ1) is 34.0. The number of oxazole rings is 1. The van der Waals surface area contributed by atoms with Crippen molar-refractivity contribution < 1.29 is 33.4 Å². The second-order valence-corrected chi connectivity index (χ2v) is 12.0. The molecule has 0 fully saturated rings. The number of nitrogens with one attached hydrogen (secondary N) is 2. The molecule has 0 saturated carbocycles. The van der Waals surface area contributed by atoms with E-state index in [1.807, 2.05) is 40.7 Å². The molecule has 2 aromatic heterocycles. The molecule has 44 heavy (non-hydrogen) atoms. The fraction of sp³-hybridized carbons (Fsp3) is 0.500. The summed E-state index contributed by atoms with van der Waals surface area (Å²) >= 11 is 0. The normalized spacial score (nSPS) is 12.3. The molecule has 3 rings (SSSR count). The van der Waals surface area contributed by atoms with Crippen LogP contribution in [-0.4, -0.2) is 61.3 Å². The summed E-state index contributed by atoms with van der Waals surface area (Å²) in [6.07, 6.45) is 3.43. The fourth-order valence-corrected chi connectivity index (χ4v) is 4.48. The Balaban J connectivity index is 1.86. The molecule has 3 N–H and O–H groups in total. The van der Waals surface area contributed by atoms with Crippen LogP contribution >= 0.6 is 0 Å². The van der Waals surface area contributed by atoms with E-state index in [0.29, 0.717) is 35.5 Å². The average molecular weight is 610 g/mol. The van der Waals surface area contributed by atoms with Crippen molar-refractivity contribution in [3.8, 4) is 22.7 Å². The Morgan fingerprint density at radius 3 is 2.32 bits per heavy atom. The van der Waals surface area contributed by atoms with Gasteiger partial charge in [-0.15, -0.1) is 0 Å². The third-order valence-corrected chi connectivity index (χ3v) is 6.86. The number of rotatable bonds is 14. The molecule has 238 valence electrons. The monoisotopic (exact) mass is 609 g/mol. The topological polar surface area (TPSA) is 166 Å². The lowest BCUT2D eigenvalue weighted by Gasteiger charge is -2.19. The molecule has 12 heteroatoms. The molecular formula is C32H43N5O7. The lowest BCUT2D eigenvalue weighted by atomic mass is 10.0. The third-order valence-electron chi connectivity index (χ3n) is 6.86. The molecule has 2 heterocycles. The number of carbonyl (C=O) groups is 4. The second kappa shape index (κ2) is 14.8. The summed E-state index contributed by atoms with van der Waals surface area (Å²) in [6.45, 7) is 13.2. The molecule has 1 atom stereocenters. The van der Waals surface area contributed by atoms with Crippen LogP contribution < -0.4 is 10.6 Å². The molecule has 12 nitrogen and oxygen atoms in total. The first-order chi connectivity index (χ1) is 20.7. The van der Waals surface area contributed by atoms with Gasteiger partial charge >= 0.3 is 11.9 Å². The first-order valence-corrected chi connectivity index (χ1v) is 14.9. The molecule has 1 aromatic carbocycles. The number of esters is 1. The zero-order chi connectivity index (χ0) is 32.6. The Hall–Kier alpha value is -4.48. The molecule has 0 aliphatic heterocycles. The van der Waals surface area contributed by atoms with E-state index < -0.39 is 23.5 Å². The predicted octanol–water partition coefficient (Wildman–Crippen LogP) is 5.08. The maximum Gasteiger partial charge on any atom is 0.326 e. The SMILES string of the molecule is CCC(CC)NC(=O)c1cc(-c2cccc(-c3ncc(C(=O)N[C@H](C(=O)O)C(C)C)o3)c2)nn1CCCC(=O)OC(C)(C)C. The fourth-order valence-electron chi connectivity index (χ4n) is 4.48. The summed E-state index contributed by atoms with van der Waals surface area (Å²) in [5.74, 6) is -2.67. The second-order valence-electron chi connectivity index (χ2n) is 12.0.